The lowest BCUT2D eigenvalue weighted by atomic mass is 9.97. The Balaban J connectivity index is 2.51. The molecule has 4 nitrogen and oxygen atoms in total. The summed E-state index contributed by atoms with van der Waals surface area (Å²) in [5, 5.41) is 0. The Hall–Kier alpha value is -2.14. The van der Waals surface area contributed by atoms with Gasteiger partial charge in [-0.2, -0.15) is 0 Å². The molecule has 5 heteroatoms. The number of hydrogen-bond acceptors (Lipinski definition) is 3. The van der Waals surface area contributed by atoms with Gasteiger partial charge < -0.3 is 4.90 Å². The lowest BCUT2D eigenvalue weighted by Gasteiger charge is -2.14. The Bertz CT molecular complexity index is 887. The van der Waals surface area contributed by atoms with Crippen molar-refractivity contribution in [2.45, 2.75) is 32.1 Å². The molecule has 0 heterocycles. The van der Waals surface area contributed by atoms with Gasteiger partial charge in [0.05, 0.1) is 16.9 Å². The number of aryl methyl sites for hydroxylation is 2. The van der Waals surface area contributed by atoms with Crippen LogP contribution in [0.1, 0.15) is 29.2 Å². The molecule has 2 rings (SSSR count). The van der Waals surface area contributed by atoms with Gasteiger partial charge in [0.1, 0.15) is 0 Å². The monoisotopic (exact) mass is 358 g/mol. The molecule has 0 aromatic heterocycles. The molecule has 2 aromatic rings. The molecule has 2 aromatic carbocycles. The highest BCUT2D eigenvalue weighted by Gasteiger charge is 2.16. The van der Waals surface area contributed by atoms with Gasteiger partial charge in [-0.3, -0.25) is 0 Å². The molecule has 0 aliphatic rings. The van der Waals surface area contributed by atoms with E-state index in [1.165, 1.54) is 17.4 Å². The summed E-state index contributed by atoms with van der Waals surface area (Å²) in [7, 11) is -1.46. The largest absolute Gasteiger partial charge is 0.366 e. The number of benzene rings is 2. The van der Waals surface area contributed by atoms with Crippen molar-refractivity contribution in [1.82, 2.24) is 4.90 Å². The van der Waals surface area contributed by atoms with Gasteiger partial charge in [-0.15, -0.1) is 0 Å². The van der Waals surface area contributed by atoms with Crippen LogP contribution < -0.4 is 0 Å². The van der Waals surface area contributed by atoms with Crippen LogP contribution in [0.25, 0.3) is 0 Å². The topological polar surface area (TPSA) is 49.7 Å². The van der Waals surface area contributed by atoms with E-state index < -0.39 is 9.84 Å². The molecule has 25 heavy (non-hydrogen) atoms. The van der Waals surface area contributed by atoms with Crippen LogP contribution in [0.4, 0.5) is 5.69 Å². The van der Waals surface area contributed by atoms with Crippen LogP contribution in [0.15, 0.2) is 46.3 Å². The molecule has 0 amide bonds. The summed E-state index contributed by atoms with van der Waals surface area (Å²) in [6.45, 7) is 6.89. The van der Waals surface area contributed by atoms with Crippen molar-refractivity contribution in [2.75, 3.05) is 19.8 Å². The summed E-state index contributed by atoms with van der Waals surface area (Å²) in [5.41, 5.74) is 4.95. The van der Waals surface area contributed by atoms with Gasteiger partial charge in [0, 0.05) is 19.8 Å². The van der Waals surface area contributed by atoms with E-state index >= 15 is 0 Å². The maximum atomic E-state index is 12.3. The third kappa shape index (κ3) is 4.92. The van der Waals surface area contributed by atoms with Gasteiger partial charge in [0.25, 0.3) is 0 Å². The molecule has 0 atom stereocenters. The Morgan fingerprint density at radius 2 is 1.76 bits per heavy atom. The minimum atomic E-state index is -3.36. The molecular weight excluding hydrogens is 332 g/mol. The molecule has 134 valence electrons. The lowest BCUT2D eigenvalue weighted by molar-refractivity contribution is 0.552. The van der Waals surface area contributed by atoms with Gasteiger partial charge in [-0.1, -0.05) is 24.3 Å². The molecule has 0 saturated heterocycles. The van der Waals surface area contributed by atoms with Crippen LogP contribution in [-0.2, 0) is 16.3 Å². The fourth-order valence-electron chi connectivity index (χ4n) is 2.56. The van der Waals surface area contributed by atoms with E-state index in [0.717, 1.165) is 17.7 Å². The third-order valence-corrected chi connectivity index (χ3v) is 5.48. The summed E-state index contributed by atoms with van der Waals surface area (Å²) in [6, 6.07) is 11.8. The quantitative estimate of drug-likeness (QED) is 0.581. The van der Waals surface area contributed by atoms with Crippen LogP contribution in [0.3, 0.4) is 0 Å². The molecular formula is C20H26N2O2S. The van der Waals surface area contributed by atoms with E-state index in [4.69, 9.17) is 0 Å². The zero-order valence-corrected chi connectivity index (χ0v) is 16.4. The highest BCUT2D eigenvalue weighted by molar-refractivity contribution is 7.90. The molecule has 0 aliphatic heterocycles. The Morgan fingerprint density at radius 3 is 2.36 bits per heavy atom. The first-order valence-electron chi connectivity index (χ1n) is 8.35. The van der Waals surface area contributed by atoms with Crippen molar-refractivity contribution in [2.24, 2.45) is 4.99 Å². The van der Waals surface area contributed by atoms with E-state index in [-0.39, 0.29) is 4.90 Å². The summed E-state index contributed by atoms with van der Waals surface area (Å²) in [4.78, 5) is 6.58. The van der Waals surface area contributed by atoms with Gasteiger partial charge in [-0.05, 0) is 61.6 Å². The maximum Gasteiger partial charge on any atom is 0.177 e. The van der Waals surface area contributed by atoms with Gasteiger partial charge in [0.2, 0.25) is 0 Å². The van der Waals surface area contributed by atoms with Crippen molar-refractivity contribution in [3.8, 4) is 0 Å². The molecule has 0 aliphatic carbocycles. The molecule has 0 radical (unpaired) electrons. The summed E-state index contributed by atoms with van der Waals surface area (Å²) >= 11 is 0. The van der Waals surface area contributed by atoms with Crippen molar-refractivity contribution in [3.05, 3.63) is 58.7 Å². The van der Waals surface area contributed by atoms with E-state index in [1.807, 2.05) is 44.0 Å². The second-order valence-electron chi connectivity index (χ2n) is 6.44. The normalized spacial score (nSPS) is 11.9. The van der Waals surface area contributed by atoms with E-state index in [0.29, 0.717) is 12.1 Å². The molecule has 0 N–H and O–H groups in total. The minimum Gasteiger partial charge on any atom is -0.366 e. The van der Waals surface area contributed by atoms with Gasteiger partial charge in [-0.25, -0.2) is 13.4 Å². The average molecular weight is 359 g/mol. The average Bonchev–Trinajstić information content (AvgIpc) is 2.55. The summed E-state index contributed by atoms with van der Waals surface area (Å²) < 4.78 is 24.5. The minimum absolute atomic E-state index is 0.280. The van der Waals surface area contributed by atoms with Crippen LogP contribution in [0, 0.1) is 13.8 Å². The third-order valence-electron chi connectivity index (χ3n) is 4.35. The van der Waals surface area contributed by atoms with Crippen molar-refractivity contribution < 1.29 is 8.42 Å². The van der Waals surface area contributed by atoms with E-state index in [2.05, 4.69) is 24.0 Å². The van der Waals surface area contributed by atoms with E-state index in [9.17, 15) is 8.42 Å². The number of rotatable bonds is 6. The second kappa shape index (κ2) is 7.83. The molecule has 0 unspecified atom stereocenters. The lowest BCUT2D eigenvalue weighted by Crippen LogP contribution is -2.14. The summed E-state index contributed by atoms with van der Waals surface area (Å²) in [6.07, 6.45) is 3.61. The zero-order chi connectivity index (χ0) is 18.6. The molecule has 0 saturated carbocycles. The zero-order valence-electron chi connectivity index (χ0n) is 15.6. The second-order valence-corrected chi connectivity index (χ2v) is 8.42. The van der Waals surface area contributed by atoms with Crippen molar-refractivity contribution >= 4 is 21.9 Å². The summed E-state index contributed by atoms with van der Waals surface area (Å²) in [5.74, 6) is 0. The fraction of sp³-hybridized carbons (Fsp3) is 0.350. The number of sulfone groups is 1. The van der Waals surface area contributed by atoms with Crippen molar-refractivity contribution in [3.63, 3.8) is 0 Å². The molecule has 0 fully saturated rings. The molecule has 0 bridgehead atoms. The van der Waals surface area contributed by atoms with Crippen molar-refractivity contribution in [1.29, 1.82) is 0 Å². The number of aliphatic imine (C=N–C) groups is 1. The smallest absolute Gasteiger partial charge is 0.177 e. The Kier molecular flexibility index (Phi) is 6.01. The van der Waals surface area contributed by atoms with E-state index in [1.54, 1.807) is 12.4 Å². The van der Waals surface area contributed by atoms with Crippen LogP contribution >= 0.6 is 0 Å². The first-order valence-corrected chi connectivity index (χ1v) is 10.2. The maximum absolute atomic E-state index is 12.3. The first-order chi connectivity index (χ1) is 11.7. The Labute approximate surface area is 151 Å². The standard InChI is InChI=1S/C20H26N2O2S/c1-6-22(4)14-21-19-11-16(3)18(13-20(19)25(5,23)24)12-17-10-8-7-9-15(17)2/h7-11,13-14H,6,12H2,1-5H3. The van der Waals surface area contributed by atoms with Crippen LogP contribution in [-0.4, -0.2) is 39.5 Å². The Morgan fingerprint density at radius 1 is 1.08 bits per heavy atom. The SMILES string of the molecule is CCN(C)C=Nc1cc(C)c(Cc2ccccc2C)cc1S(C)(=O)=O. The van der Waals surface area contributed by atoms with Gasteiger partial charge in [0.15, 0.2) is 9.84 Å². The number of hydrogen-bond donors (Lipinski definition) is 0. The fourth-order valence-corrected chi connectivity index (χ4v) is 3.41. The molecule has 0 spiro atoms. The predicted octanol–water partition coefficient (Wildman–Crippen LogP) is 3.91. The first kappa shape index (κ1) is 19.2. The predicted molar refractivity (Wildman–Crippen MR) is 105 cm³/mol. The highest BCUT2D eigenvalue weighted by atomic mass is 32.2. The number of nitrogens with zero attached hydrogens (tertiary/aromatic N) is 2. The highest BCUT2D eigenvalue weighted by Crippen LogP contribution is 2.29. The van der Waals surface area contributed by atoms with Crippen LogP contribution in [0.5, 0.6) is 0 Å². The van der Waals surface area contributed by atoms with Crippen LogP contribution in [0.2, 0.25) is 0 Å². The van der Waals surface area contributed by atoms with Gasteiger partial charge >= 0.3 is 0 Å².